The highest BCUT2D eigenvalue weighted by Gasteiger charge is 2.24. The van der Waals surface area contributed by atoms with Crippen molar-refractivity contribution in [3.63, 3.8) is 0 Å². The second-order valence-electron chi connectivity index (χ2n) is 8.06. The summed E-state index contributed by atoms with van der Waals surface area (Å²) in [6, 6.07) is 3.39. The van der Waals surface area contributed by atoms with Crippen molar-refractivity contribution in [2.75, 3.05) is 19.6 Å². The maximum atomic E-state index is 13.9. The fourth-order valence-electron chi connectivity index (χ4n) is 4.57. The molecule has 0 saturated carbocycles. The maximum Gasteiger partial charge on any atom is 0.180 e. The van der Waals surface area contributed by atoms with Gasteiger partial charge in [0, 0.05) is 25.1 Å². The molecule has 1 N–H and O–H groups in total. The van der Waals surface area contributed by atoms with Crippen molar-refractivity contribution >= 4 is 11.2 Å². The van der Waals surface area contributed by atoms with Gasteiger partial charge >= 0.3 is 0 Å². The molecule has 3 aromatic rings. The average Bonchev–Trinajstić information content (AvgIpc) is 3.39. The fraction of sp³-hybridized carbons (Fsp3) is 0.500. The number of piperidine rings is 1. The van der Waals surface area contributed by atoms with E-state index in [0.29, 0.717) is 0 Å². The second kappa shape index (κ2) is 8.06. The molecule has 1 fully saturated rings. The number of nitrogens with one attached hydrogen (secondary N) is 1. The number of benzene rings is 1. The van der Waals surface area contributed by atoms with E-state index >= 15 is 0 Å². The van der Waals surface area contributed by atoms with Gasteiger partial charge in [0.05, 0.1) is 6.20 Å². The zero-order valence-corrected chi connectivity index (χ0v) is 16.5. The Morgan fingerprint density at radius 1 is 1.17 bits per heavy atom. The number of halogens is 1. The first-order valence-corrected chi connectivity index (χ1v) is 10.6. The monoisotopic (exact) mass is 395 g/mol. The Balaban J connectivity index is 1.09. The summed E-state index contributed by atoms with van der Waals surface area (Å²) in [5.41, 5.74) is 3.60. The molecule has 1 aliphatic heterocycles. The first-order valence-electron chi connectivity index (χ1n) is 10.6. The van der Waals surface area contributed by atoms with Crippen LogP contribution in [0, 0.1) is 5.82 Å². The highest BCUT2D eigenvalue weighted by molar-refractivity contribution is 5.68. The van der Waals surface area contributed by atoms with Crippen LogP contribution in [0.25, 0.3) is 11.2 Å². The number of rotatable bonds is 6. The highest BCUT2D eigenvalue weighted by Crippen LogP contribution is 2.34. The second-order valence-corrected chi connectivity index (χ2v) is 8.06. The Morgan fingerprint density at radius 2 is 2.03 bits per heavy atom. The lowest BCUT2D eigenvalue weighted by atomic mass is 10.1. The van der Waals surface area contributed by atoms with E-state index in [0.717, 1.165) is 98.4 Å². The number of ether oxygens (including phenoxy) is 1. The topological polar surface area (TPSA) is 66.9 Å². The van der Waals surface area contributed by atoms with Crippen molar-refractivity contribution in [1.29, 1.82) is 0 Å². The van der Waals surface area contributed by atoms with Gasteiger partial charge in [-0.2, -0.15) is 0 Å². The third-order valence-corrected chi connectivity index (χ3v) is 6.11. The molecule has 0 bridgehead atoms. The lowest BCUT2D eigenvalue weighted by Gasteiger charge is -2.32. The first kappa shape index (κ1) is 18.5. The van der Waals surface area contributed by atoms with Crippen LogP contribution in [0.4, 0.5) is 4.39 Å². The molecule has 0 atom stereocenters. The van der Waals surface area contributed by atoms with Crippen LogP contribution in [0.3, 0.4) is 0 Å². The molecule has 1 aromatic carbocycles. The van der Waals surface area contributed by atoms with Crippen LogP contribution in [0.2, 0.25) is 0 Å². The van der Waals surface area contributed by atoms with Crippen molar-refractivity contribution in [3.05, 3.63) is 47.4 Å². The molecular formula is C22H26FN5O. The number of hydrogen-bond donors (Lipinski definition) is 1. The molecule has 2 aromatic heterocycles. The predicted octanol–water partition coefficient (Wildman–Crippen LogP) is 3.46. The smallest absolute Gasteiger partial charge is 0.180 e. The van der Waals surface area contributed by atoms with Crippen LogP contribution in [0.1, 0.15) is 42.6 Å². The molecule has 6 nitrogen and oxygen atoms in total. The molecule has 7 heteroatoms. The number of H-pyrrole nitrogens is 1. The maximum absolute atomic E-state index is 13.9. The van der Waals surface area contributed by atoms with Crippen LogP contribution in [0.15, 0.2) is 24.7 Å². The van der Waals surface area contributed by atoms with E-state index in [2.05, 4.69) is 24.8 Å². The summed E-state index contributed by atoms with van der Waals surface area (Å²) < 4.78 is 20.2. The molecule has 29 heavy (non-hydrogen) atoms. The van der Waals surface area contributed by atoms with Crippen molar-refractivity contribution in [2.24, 2.45) is 0 Å². The molecule has 0 radical (unpaired) electrons. The van der Waals surface area contributed by atoms with E-state index < -0.39 is 0 Å². The summed E-state index contributed by atoms with van der Waals surface area (Å²) >= 11 is 0. The van der Waals surface area contributed by atoms with Gasteiger partial charge in [-0.3, -0.25) is 0 Å². The fourth-order valence-corrected chi connectivity index (χ4v) is 4.57. The number of aryl methyl sites for hydroxylation is 1. The molecule has 1 saturated heterocycles. The van der Waals surface area contributed by atoms with Crippen molar-refractivity contribution < 1.29 is 9.13 Å². The standard InChI is InChI=1S/C22H26FN5O/c23-18-6-7-20(17-4-1-3-16(17)18)29-15-8-11-28(12-9-15)10-2-5-21-26-19-13-24-14-25-22(19)27-21/h6-7,13-15H,1-5,8-12H2,(H,24,25,26,27). The third-order valence-electron chi connectivity index (χ3n) is 6.11. The van der Waals surface area contributed by atoms with Gasteiger partial charge in [0.15, 0.2) is 5.65 Å². The van der Waals surface area contributed by atoms with Gasteiger partial charge in [0.2, 0.25) is 0 Å². The van der Waals surface area contributed by atoms with Crippen molar-refractivity contribution in [3.8, 4) is 5.75 Å². The minimum Gasteiger partial charge on any atom is -0.490 e. The Labute approximate surface area is 169 Å². The Bertz CT molecular complexity index is 963. The number of nitrogens with zero attached hydrogens (tertiary/aromatic N) is 4. The van der Waals surface area contributed by atoms with Crippen molar-refractivity contribution in [2.45, 2.75) is 51.0 Å². The quantitative estimate of drug-likeness (QED) is 0.692. The molecule has 5 rings (SSSR count). The number of likely N-dealkylation sites (tertiary alicyclic amines) is 1. The highest BCUT2D eigenvalue weighted by atomic mass is 19.1. The summed E-state index contributed by atoms with van der Waals surface area (Å²) in [7, 11) is 0. The van der Waals surface area contributed by atoms with E-state index in [1.807, 2.05) is 6.07 Å². The molecular weight excluding hydrogens is 369 g/mol. The van der Waals surface area contributed by atoms with Gasteiger partial charge in [0.25, 0.3) is 0 Å². The lowest BCUT2D eigenvalue weighted by Crippen LogP contribution is -2.39. The van der Waals surface area contributed by atoms with E-state index in [4.69, 9.17) is 4.74 Å². The molecule has 152 valence electrons. The summed E-state index contributed by atoms with van der Waals surface area (Å²) in [5, 5.41) is 0. The van der Waals surface area contributed by atoms with Crippen LogP contribution < -0.4 is 4.74 Å². The Kier molecular flexibility index (Phi) is 5.14. The van der Waals surface area contributed by atoms with Gasteiger partial charge < -0.3 is 14.6 Å². The summed E-state index contributed by atoms with van der Waals surface area (Å²) in [6.07, 6.45) is 10.3. The molecule has 3 heterocycles. The van der Waals surface area contributed by atoms with Crippen LogP contribution in [0.5, 0.6) is 5.75 Å². The van der Waals surface area contributed by atoms with Gasteiger partial charge in [-0.15, -0.1) is 0 Å². The van der Waals surface area contributed by atoms with Gasteiger partial charge in [-0.25, -0.2) is 19.3 Å². The summed E-state index contributed by atoms with van der Waals surface area (Å²) in [4.78, 5) is 18.5. The number of imidazole rings is 1. The normalized spacial score (nSPS) is 17.7. The SMILES string of the molecule is Fc1ccc(OC2CCN(CCCc3nc4ncncc4[nH]3)CC2)c2c1CCC2. The van der Waals surface area contributed by atoms with E-state index in [-0.39, 0.29) is 11.9 Å². The third kappa shape index (κ3) is 3.96. The zero-order chi connectivity index (χ0) is 19.6. The largest absolute Gasteiger partial charge is 0.490 e. The first-order chi connectivity index (χ1) is 14.3. The minimum atomic E-state index is -0.0730. The molecule has 0 spiro atoms. The van der Waals surface area contributed by atoms with E-state index in [1.165, 1.54) is 6.33 Å². The van der Waals surface area contributed by atoms with E-state index in [9.17, 15) is 4.39 Å². The molecule has 0 amide bonds. The number of hydrogen-bond acceptors (Lipinski definition) is 5. The lowest BCUT2D eigenvalue weighted by molar-refractivity contribution is 0.0991. The van der Waals surface area contributed by atoms with Crippen molar-refractivity contribution in [1.82, 2.24) is 24.8 Å². The number of aromatic nitrogens is 4. The van der Waals surface area contributed by atoms with Gasteiger partial charge in [-0.1, -0.05) is 0 Å². The summed E-state index contributed by atoms with van der Waals surface area (Å²) in [6.45, 7) is 3.14. The van der Waals surface area contributed by atoms with Crippen LogP contribution in [-0.2, 0) is 19.3 Å². The molecule has 0 unspecified atom stereocenters. The average molecular weight is 395 g/mol. The number of aromatic amines is 1. The minimum absolute atomic E-state index is 0.0730. The van der Waals surface area contributed by atoms with E-state index in [1.54, 1.807) is 12.3 Å². The zero-order valence-electron chi connectivity index (χ0n) is 16.5. The Morgan fingerprint density at radius 3 is 2.90 bits per heavy atom. The Hall–Kier alpha value is -2.54. The molecule has 1 aliphatic carbocycles. The van der Waals surface area contributed by atoms with Gasteiger partial charge in [-0.05, 0) is 62.8 Å². The molecule has 2 aliphatic rings. The number of fused-ring (bicyclic) bond motifs is 2. The van der Waals surface area contributed by atoms with Crippen LogP contribution >= 0.6 is 0 Å². The summed E-state index contributed by atoms with van der Waals surface area (Å²) in [5.74, 6) is 1.81. The van der Waals surface area contributed by atoms with Crippen LogP contribution in [-0.4, -0.2) is 50.6 Å². The van der Waals surface area contributed by atoms with Gasteiger partial charge in [0.1, 0.15) is 35.3 Å². The predicted molar refractivity (Wildman–Crippen MR) is 109 cm³/mol.